The van der Waals surface area contributed by atoms with Gasteiger partial charge in [0.05, 0.1) is 23.4 Å². The smallest absolute Gasteiger partial charge is 0.261 e. The van der Waals surface area contributed by atoms with Crippen molar-refractivity contribution in [2.75, 3.05) is 20.6 Å². The van der Waals surface area contributed by atoms with E-state index in [1.807, 2.05) is 13.0 Å². The standard InChI is InChI=1S/C28H26FN3O5S2/c1-20-6-5-8-24(18-20)31-39(36,37)26-16-12-23(13-17-26)30-28(33)21-10-14-25(15-11-21)32(38(2,34)35)19-22-7-3-4-9-27(22)29/h3-18,31H,19H2,1-2H3,(H,30,33). The van der Waals surface area contributed by atoms with Crippen molar-refractivity contribution < 1.29 is 26.0 Å². The van der Waals surface area contributed by atoms with Gasteiger partial charge < -0.3 is 5.32 Å². The van der Waals surface area contributed by atoms with Crippen LogP contribution in [0.1, 0.15) is 21.5 Å². The number of carbonyl (C=O) groups is 1. The molecule has 0 aliphatic carbocycles. The molecule has 4 rings (SSSR count). The first-order chi connectivity index (χ1) is 18.4. The Kier molecular flexibility index (Phi) is 8.03. The van der Waals surface area contributed by atoms with Crippen LogP contribution >= 0.6 is 0 Å². The Morgan fingerprint density at radius 2 is 1.49 bits per heavy atom. The van der Waals surface area contributed by atoms with Crippen LogP contribution in [0.4, 0.5) is 21.5 Å². The highest BCUT2D eigenvalue weighted by molar-refractivity contribution is 7.92. The topological polar surface area (TPSA) is 113 Å². The summed E-state index contributed by atoms with van der Waals surface area (Å²) in [5.74, 6) is -0.998. The van der Waals surface area contributed by atoms with Crippen molar-refractivity contribution in [3.63, 3.8) is 0 Å². The van der Waals surface area contributed by atoms with Crippen LogP contribution in [0, 0.1) is 12.7 Å². The molecule has 0 unspecified atom stereocenters. The highest BCUT2D eigenvalue weighted by Gasteiger charge is 2.20. The second kappa shape index (κ2) is 11.3. The maximum Gasteiger partial charge on any atom is 0.261 e. The van der Waals surface area contributed by atoms with Gasteiger partial charge in [-0.2, -0.15) is 0 Å². The molecule has 0 aromatic heterocycles. The molecule has 0 radical (unpaired) electrons. The summed E-state index contributed by atoms with van der Waals surface area (Å²) in [6, 6.07) is 24.4. The van der Waals surface area contributed by atoms with E-state index in [2.05, 4.69) is 10.0 Å². The van der Waals surface area contributed by atoms with Gasteiger partial charge in [-0.25, -0.2) is 21.2 Å². The van der Waals surface area contributed by atoms with Crippen LogP contribution in [-0.2, 0) is 26.6 Å². The SMILES string of the molecule is Cc1cccc(NS(=O)(=O)c2ccc(NC(=O)c3ccc(N(Cc4ccccc4F)S(C)(=O)=O)cc3)cc2)c1. The van der Waals surface area contributed by atoms with Crippen LogP contribution in [-0.4, -0.2) is 29.0 Å². The highest BCUT2D eigenvalue weighted by Crippen LogP contribution is 2.23. The molecule has 11 heteroatoms. The van der Waals surface area contributed by atoms with E-state index >= 15 is 0 Å². The first-order valence-corrected chi connectivity index (χ1v) is 15.1. The van der Waals surface area contributed by atoms with Crippen LogP contribution in [0.25, 0.3) is 0 Å². The molecule has 0 bridgehead atoms. The largest absolute Gasteiger partial charge is 0.322 e. The van der Waals surface area contributed by atoms with Crippen molar-refractivity contribution in [3.8, 4) is 0 Å². The Balaban J connectivity index is 1.45. The highest BCUT2D eigenvalue weighted by atomic mass is 32.2. The summed E-state index contributed by atoms with van der Waals surface area (Å²) in [6.07, 6.45) is 1.02. The van der Waals surface area contributed by atoms with Gasteiger partial charge in [0.15, 0.2) is 0 Å². The van der Waals surface area contributed by atoms with Crippen LogP contribution in [0.15, 0.2) is 102 Å². The van der Waals surface area contributed by atoms with Crippen LogP contribution < -0.4 is 14.3 Å². The van der Waals surface area contributed by atoms with Gasteiger partial charge in [-0.3, -0.25) is 13.8 Å². The predicted molar refractivity (Wildman–Crippen MR) is 150 cm³/mol. The fraction of sp³-hybridized carbons (Fsp3) is 0.107. The number of carbonyl (C=O) groups excluding carboxylic acids is 1. The van der Waals surface area contributed by atoms with E-state index in [1.165, 1.54) is 66.7 Å². The summed E-state index contributed by atoms with van der Waals surface area (Å²) < 4.78 is 67.9. The Morgan fingerprint density at radius 1 is 0.821 bits per heavy atom. The Labute approximate surface area is 227 Å². The molecule has 2 N–H and O–H groups in total. The first kappa shape index (κ1) is 27.8. The fourth-order valence-corrected chi connectivity index (χ4v) is 5.73. The van der Waals surface area contributed by atoms with Gasteiger partial charge in [0.1, 0.15) is 5.82 Å². The Hall–Kier alpha value is -4.22. The number of hydrogen-bond acceptors (Lipinski definition) is 5. The van der Waals surface area contributed by atoms with Crippen molar-refractivity contribution in [2.45, 2.75) is 18.4 Å². The van der Waals surface area contributed by atoms with E-state index in [-0.39, 0.29) is 28.3 Å². The summed E-state index contributed by atoms with van der Waals surface area (Å²) in [7, 11) is -7.56. The lowest BCUT2D eigenvalue weighted by atomic mass is 10.1. The van der Waals surface area contributed by atoms with Crippen molar-refractivity contribution in [2.24, 2.45) is 0 Å². The molecule has 0 saturated carbocycles. The number of hydrogen-bond donors (Lipinski definition) is 2. The van der Waals surface area contributed by atoms with Gasteiger partial charge in [0.2, 0.25) is 10.0 Å². The monoisotopic (exact) mass is 567 g/mol. The zero-order chi connectivity index (χ0) is 28.2. The number of amides is 1. The summed E-state index contributed by atoms with van der Waals surface area (Å²) >= 11 is 0. The Morgan fingerprint density at radius 3 is 2.10 bits per heavy atom. The molecule has 0 aliphatic rings. The zero-order valence-electron chi connectivity index (χ0n) is 21.1. The first-order valence-electron chi connectivity index (χ1n) is 11.7. The maximum absolute atomic E-state index is 14.1. The molecule has 0 aliphatic heterocycles. The number of nitrogens with zero attached hydrogens (tertiary/aromatic N) is 1. The number of anilines is 3. The van der Waals surface area contributed by atoms with E-state index in [9.17, 15) is 26.0 Å². The Bertz CT molecular complexity index is 1710. The average Bonchev–Trinajstić information content (AvgIpc) is 2.88. The van der Waals surface area contributed by atoms with Crippen molar-refractivity contribution in [1.82, 2.24) is 0 Å². The molecule has 8 nitrogen and oxygen atoms in total. The quantitative estimate of drug-likeness (QED) is 0.290. The second-order valence-corrected chi connectivity index (χ2v) is 12.5. The van der Waals surface area contributed by atoms with Gasteiger partial charge in [-0.05, 0) is 79.2 Å². The van der Waals surface area contributed by atoms with E-state index < -0.39 is 31.8 Å². The third-order valence-electron chi connectivity index (χ3n) is 5.78. The van der Waals surface area contributed by atoms with Crippen LogP contribution in [0.5, 0.6) is 0 Å². The van der Waals surface area contributed by atoms with E-state index in [0.717, 1.165) is 16.1 Å². The third kappa shape index (κ3) is 7.01. The molecule has 0 fully saturated rings. The minimum absolute atomic E-state index is 0.0297. The van der Waals surface area contributed by atoms with Gasteiger partial charge in [-0.15, -0.1) is 0 Å². The number of sulfonamides is 2. The molecule has 0 heterocycles. The normalized spacial score (nSPS) is 11.6. The molecular weight excluding hydrogens is 541 g/mol. The molecule has 1 amide bonds. The number of aryl methyl sites for hydroxylation is 1. The molecule has 202 valence electrons. The van der Waals surface area contributed by atoms with Crippen molar-refractivity contribution >= 4 is 43.0 Å². The van der Waals surface area contributed by atoms with Gasteiger partial charge in [0.25, 0.3) is 15.9 Å². The van der Waals surface area contributed by atoms with E-state index in [4.69, 9.17) is 0 Å². The molecule has 4 aromatic rings. The van der Waals surface area contributed by atoms with Crippen molar-refractivity contribution in [3.05, 3.63) is 120 Å². The van der Waals surface area contributed by atoms with Gasteiger partial charge in [0, 0.05) is 22.5 Å². The predicted octanol–water partition coefficient (Wildman–Crippen LogP) is 5.15. The average molecular weight is 568 g/mol. The minimum Gasteiger partial charge on any atom is -0.322 e. The fourth-order valence-electron chi connectivity index (χ4n) is 3.80. The molecule has 4 aromatic carbocycles. The number of nitrogens with one attached hydrogen (secondary N) is 2. The maximum atomic E-state index is 14.1. The van der Waals surface area contributed by atoms with Gasteiger partial charge in [-0.1, -0.05) is 30.3 Å². The lowest BCUT2D eigenvalue weighted by molar-refractivity contribution is 0.102. The van der Waals surface area contributed by atoms with Crippen LogP contribution in [0.3, 0.4) is 0 Å². The second-order valence-electron chi connectivity index (χ2n) is 8.86. The van der Waals surface area contributed by atoms with E-state index in [0.29, 0.717) is 11.4 Å². The van der Waals surface area contributed by atoms with E-state index in [1.54, 1.807) is 24.3 Å². The van der Waals surface area contributed by atoms with Crippen LogP contribution in [0.2, 0.25) is 0 Å². The molecule has 39 heavy (non-hydrogen) atoms. The third-order valence-corrected chi connectivity index (χ3v) is 8.32. The minimum atomic E-state index is -3.82. The summed E-state index contributed by atoms with van der Waals surface area (Å²) in [5, 5.41) is 2.68. The lowest BCUT2D eigenvalue weighted by Crippen LogP contribution is -2.29. The number of rotatable bonds is 9. The lowest BCUT2D eigenvalue weighted by Gasteiger charge is -2.23. The zero-order valence-corrected chi connectivity index (χ0v) is 22.8. The summed E-state index contributed by atoms with van der Waals surface area (Å²) in [5.41, 5.74) is 2.46. The molecule has 0 saturated heterocycles. The molecular formula is C28H26FN3O5S2. The van der Waals surface area contributed by atoms with Crippen molar-refractivity contribution in [1.29, 1.82) is 0 Å². The summed E-state index contributed by atoms with van der Waals surface area (Å²) in [4.78, 5) is 12.8. The van der Waals surface area contributed by atoms with Gasteiger partial charge >= 0.3 is 0 Å². The molecule has 0 atom stereocenters. The molecule has 0 spiro atoms. The number of benzene rings is 4. The number of halogens is 1. The summed E-state index contributed by atoms with van der Waals surface area (Å²) in [6.45, 7) is 1.65.